The van der Waals surface area contributed by atoms with Gasteiger partial charge in [0.15, 0.2) is 0 Å². The minimum absolute atomic E-state index is 0.250. The summed E-state index contributed by atoms with van der Waals surface area (Å²) in [7, 11) is 0. The molecule has 0 bridgehead atoms. The van der Waals surface area contributed by atoms with Crippen LogP contribution in [0.5, 0.6) is 0 Å². The first kappa shape index (κ1) is 16.1. The van der Waals surface area contributed by atoms with Crippen LogP contribution in [0.1, 0.15) is 11.1 Å². The average Bonchev–Trinajstić information content (AvgIpc) is 2.99. The molecule has 0 fully saturated rings. The number of halogens is 1. The molecule has 2 heterocycles. The number of anilines is 2. The number of rotatable bonds is 3. The van der Waals surface area contributed by atoms with Crippen molar-refractivity contribution in [2.24, 2.45) is 0 Å². The molecule has 5 heteroatoms. The molecule has 0 aliphatic heterocycles. The fourth-order valence-corrected chi connectivity index (χ4v) is 4.14. The summed E-state index contributed by atoms with van der Waals surface area (Å²) in [5.41, 5.74) is 5.78. The molecule has 3 nitrogen and oxygen atoms in total. The molecule has 0 atom stereocenters. The quantitative estimate of drug-likeness (QED) is 0.428. The molecule has 0 amide bonds. The van der Waals surface area contributed by atoms with Gasteiger partial charge in [0, 0.05) is 16.6 Å². The highest BCUT2D eigenvalue weighted by Crippen LogP contribution is 2.39. The summed E-state index contributed by atoms with van der Waals surface area (Å²) in [6, 6.07) is 16.5. The Hall–Kier alpha value is -2.43. The summed E-state index contributed by atoms with van der Waals surface area (Å²) in [6.45, 7) is 4.24. The van der Waals surface area contributed by atoms with Gasteiger partial charge in [-0.1, -0.05) is 42.0 Å². The summed E-state index contributed by atoms with van der Waals surface area (Å²) < 4.78 is 0. The number of nitrogens with zero attached hydrogens (tertiary/aromatic N) is 2. The topological polar surface area (TPSA) is 37.8 Å². The minimum Gasteiger partial charge on any atom is -0.340 e. The van der Waals surface area contributed by atoms with Gasteiger partial charge in [0.05, 0.1) is 5.39 Å². The number of hydrogen-bond acceptors (Lipinski definition) is 4. The largest absolute Gasteiger partial charge is 0.340 e. The lowest BCUT2D eigenvalue weighted by molar-refractivity contribution is 1.23. The fraction of sp³-hybridized carbons (Fsp3) is 0.100. The van der Waals surface area contributed by atoms with Crippen LogP contribution in [-0.2, 0) is 0 Å². The third-order valence-electron chi connectivity index (χ3n) is 4.11. The molecule has 4 rings (SSSR count). The lowest BCUT2D eigenvalue weighted by atomic mass is 9.99. The summed E-state index contributed by atoms with van der Waals surface area (Å²) >= 11 is 7.73. The Labute approximate surface area is 155 Å². The van der Waals surface area contributed by atoms with Crippen LogP contribution < -0.4 is 5.32 Å². The van der Waals surface area contributed by atoms with Crippen molar-refractivity contribution in [3.8, 4) is 11.1 Å². The number of benzene rings is 2. The predicted molar refractivity (Wildman–Crippen MR) is 107 cm³/mol. The van der Waals surface area contributed by atoms with Crippen molar-refractivity contribution in [3.63, 3.8) is 0 Å². The zero-order valence-corrected chi connectivity index (χ0v) is 15.4. The Morgan fingerprint density at radius 3 is 2.52 bits per heavy atom. The Morgan fingerprint density at radius 1 is 0.960 bits per heavy atom. The Morgan fingerprint density at radius 2 is 1.76 bits per heavy atom. The van der Waals surface area contributed by atoms with E-state index in [1.54, 1.807) is 11.3 Å². The first-order chi connectivity index (χ1) is 12.1. The molecular formula is C20H16ClN3S. The van der Waals surface area contributed by atoms with E-state index in [1.165, 1.54) is 16.7 Å². The molecule has 0 saturated carbocycles. The van der Waals surface area contributed by atoms with Gasteiger partial charge in [-0.05, 0) is 48.7 Å². The number of hydrogen-bond donors (Lipinski definition) is 1. The Bertz CT molecular complexity index is 1060. The van der Waals surface area contributed by atoms with Crippen LogP contribution in [-0.4, -0.2) is 9.97 Å². The zero-order valence-electron chi connectivity index (χ0n) is 13.9. The van der Waals surface area contributed by atoms with E-state index in [-0.39, 0.29) is 5.28 Å². The molecular weight excluding hydrogens is 350 g/mol. The number of aromatic nitrogens is 2. The van der Waals surface area contributed by atoms with Crippen LogP contribution in [0.3, 0.4) is 0 Å². The van der Waals surface area contributed by atoms with Crippen LogP contribution in [0.25, 0.3) is 21.3 Å². The van der Waals surface area contributed by atoms with E-state index >= 15 is 0 Å². The molecule has 0 aliphatic rings. The van der Waals surface area contributed by atoms with Gasteiger partial charge in [0.25, 0.3) is 0 Å². The maximum Gasteiger partial charge on any atom is 0.225 e. The van der Waals surface area contributed by atoms with Crippen LogP contribution in [0, 0.1) is 13.8 Å². The summed E-state index contributed by atoms with van der Waals surface area (Å²) in [5, 5.41) is 6.77. The average molecular weight is 366 g/mol. The van der Waals surface area contributed by atoms with Gasteiger partial charge >= 0.3 is 0 Å². The normalized spacial score (nSPS) is 11.0. The van der Waals surface area contributed by atoms with Gasteiger partial charge in [-0.15, -0.1) is 11.3 Å². The smallest absolute Gasteiger partial charge is 0.225 e. The predicted octanol–water partition coefficient (Wildman–Crippen LogP) is 6.37. The first-order valence-corrected chi connectivity index (χ1v) is 9.22. The van der Waals surface area contributed by atoms with E-state index in [4.69, 9.17) is 11.6 Å². The molecule has 0 unspecified atom stereocenters. The van der Waals surface area contributed by atoms with E-state index in [2.05, 4.69) is 52.7 Å². The molecule has 0 radical (unpaired) electrons. The molecule has 124 valence electrons. The van der Waals surface area contributed by atoms with Gasteiger partial charge in [-0.25, -0.2) is 4.98 Å². The van der Waals surface area contributed by atoms with Crippen LogP contribution in [0.4, 0.5) is 11.5 Å². The highest BCUT2D eigenvalue weighted by atomic mass is 35.5. The molecule has 2 aromatic heterocycles. The molecule has 0 spiro atoms. The highest BCUT2D eigenvalue weighted by molar-refractivity contribution is 7.17. The molecule has 1 N–H and O–H groups in total. The SMILES string of the molecule is Cc1ccc(-c2csc3nc(Cl)nc(Nc4ccccc4)c23)c(C)c1. The van der Waals surface area contributed by atoms with E-state index in [0.29, 0.717) is 0 Å². The van der Waals surface area contributed by atoms with Gasteiger partial charge in [-0.3, -0.25) is 0 Å². The highest BCUT2D eigenvalue weighted by Gasteiger charge is 2.16. The van der Waals surface area contributed by atoms with Crippen molar-refractivity contribution in [3.05, 3.63) is 70.3 Å². The van der Waals surface area contributed by atoms with Crippen LogP contribution in [0.15, 0.2) is 53.9 Å². The number of para-hydroxylation sites is 1. The van der Waals surface area contributed by atoms with Crippen molar-refractivity contribution in [1.29, 1.82) is 0 Å². The summed E-state index contributed by atoms with van der Waals surface area (Å²) in [6.07, 6.45) is 0. The number of nitrogens with one attached hydrogen (secondary N) is 1. The number of thiophene rings is 1. The molecule has 4 aromatic rings. The monoisotopic (exact) mass is 365 g/mol. The standard InChI is InChI=1S/C20H16ClN3S/c1-12-8-9-15(13(2)10-12)16-11-25-19-17(16)18(23-20(21)24-19)22-14-6-4-3-5-7-14/h3-11H,1-2H3,(H,22,23,24). The zero-order chi connectivity index (χ0) is 17.4. The van der Waals surface area contributed by atoms with Crippen molar-refractivity contribution in [1.82, 2.24) is 9.97 Å². The van der Waals surface area contributed by atoms with E-state index in [0.717, 1.165) is 27.3 Å². The first-order valence-electron chi connectivity index (χ1n) is 7.96. The molecule has 0 aliphatic carbocycles. The van der Waals surface area contributed by atoms with Gasteiger partial charge in [0.1, 0.15) is 10.6 Å². The summed E-state index contributed by atoms with van der Waals surface area (Å²) in [4.78, 5) is 9.74. The Balaban J connectivity index is 1.92. The van der Waals surface area contributed by atoms with Crippen LogP contribution in [0.2, 0.25) is 5.28 Å². The molecule has 2 aromatic carbocycles. The minimum atomic E-state index is 0.250. The third-order valence-corrected chi connectivity index (χ3v) is 5.16. The fourth-order valence-electron chi connectivity index (χ4n) is 2.98. The summed E-state index contributed by atoms with van der Waals surface area (Å²) in [5.74, 6) is 0.734. The van der Waals surface area contributed by atoms with Crippen molar-refractivity contribution in [2.75, 3.05) is 5.32 Å². The van der Waals surface area contributed by atoms with Crippen molar-refractivity contribution >= 4 is 44.7 Å². The maximum absolute atomic E-state index is 6.14. The van der Waals surface area contributed by atoms with Gasteiger partial charge in [0.2, 0.25) is 5.28 Å². The van der Waals surface area contributed by atoms with E-state index < -0.39 is 0 Å². The third kappa shape index (κ3) is 3.11. The molecule has 25 heavy (non-hydrogen) atoms. The number of fused-ring (bicyclic) bond motifs is 1. The Kier molecular flexibility index (Phi) is 4.15. The van der Waals surface area contributed by atoms with E-state index in [1.807, 2.05) is 30.3 Å². The van der Waals surface area contributed by atoms with E-state index in [9.17, 15) is 0 Å². The second-order valence-electron chi connectivity index (χ2n) is 5.98. The van der Waals surface area contributed by atoms with Gasteiger partial charge in [-0.2, -0.15) is 4.98 Å². The molecule has 0 saturated heterocycles. The lowest BCUT2D eigenvalue weighted by Crippen LogP contribution is -1.97. The van der Waals surface area contributed by atoms with Crippen LogP contribution >= 0.6 is 22.9 Å². The second-order valence-corrected chi connectivity index (χ2v) is 7.18. The number of aryl methyl sites for hydroxylation is 2. The van der Waals surface area contributed by atoms with Crippen molar-refractivity contribution < 1.29 is 0 Å². The van der Waals surface area contributed by atoms with Crippen molar-refractivity contribution in [2.45, 2.75) is 13.8 Å². The van der Waals surface area contributed by atoms with Gasteiger partial charge < -0.3 is 5.32 Å². The lowest BCUT2D eigenvalue weighted by Gasteiger charge is -2.10. The second kappa shape index (κ2) is 6.47. The maximum atomic E-state index is 6.14.